The molecule has 88 valence electrons. The van der Waals surface area contributed by atoms with Gasteiger partial charge in [-0.3, -0.25) is 0 Å². The van der Waals surface area contributed by atoms with E-state index in [1.807, 2.05) is 0 Å². The first kappa shape index (κ1) is 11.4. The number of nitrogens with zero attached hydrogens (tertiary/aromatic N) is 1. The first-order valence-corrected chi connectivity index (χ1v) is 6.92. The molecule has 0 spiro atoms. The Kier molecular flexibility index (Phi) is 3.71. The molecule has 0 N–H and O–H groups in total. The molecule has 15 heavy (non-hydrogen) atoms. The molecule has 0 aromatic heterocycles. The van der Waals surface area contributed by atoms with Crippen LogP contribution in [0.1, 0.15) is 52.9 Å². The maximum absolute atomic E-state index is 2.80. The number of likely N-dealkylation sites (tertiary alicyclic amines) is 1. The van der Waals surface area contributed by atoms with Gasteiger partial charge < -0.3 is 4.90 Å². The van der Waals surface area contributed by atoms with Gasteiger partial charge >= 0.3 is 0 Å². The van der Waals surface area contributed by atoms with Crippen molar-refractivity contribution in [3.05, 3.63) is 0 Å². The molecule has 1 aliphatic carbocycles. The molecule has 0 unspecified atom stereocenters. The Morgan fingerprint density at radius 2 is 1.73 bits per heavy atom. The second kappa shape index (κ2) is 4.86. The highest BCUT2D eigenvalue weighted by Crippen LogP contribution is 2.33. The Balaban J connectivity index is 1.92. The fourth-order valence-electron chi connectivity index (χ4n) is 3.59. The van der Waals surface area contributed by atoms with Crippen molar-refractivity contribution >= 4 is 0 Å². The minimum absolute atomic E-state index is 0.865. The zero-order valence-corrected chi connectivity index (χ0v) is 10.7. The monoisotopic (exact) mass is 209 g/mol. The van der Waals surface area contributed by atoms with E-state index < -0.39 is 0 Å². The van der Waals surface area contributed by atoms with Gasteiger partial charge in [0.25, 0.3) is 0 Å². The smallest absolute Gasteiger partial charge is 0.00953 e. The first-order valence-electron chi connectivity index (χ1n) is 6.92. The predicted molar refractivity (Wildman–Crippen MR) is 65.9 cm³/mol. The van der Waals surface area contributed by atoms with E-state index in [1.54, 1.807) is 0 Å². The summed E-state index contributed by atoms with van der Waals surface area (Å²) in [5, 5.41) is 0. The highest BCUT2D eigenvalue weighted by molar-refractivity contribution is 4.85. The standard InChI is InChI=1S/C14H27N/c1-11(2)14-10-15(9-8-12(14)3)13-6-4-5-7-13/h11-14H,4-10H2,1-3H3/t12-,14-/m0/s1. The average molecular weight is 209 g/mol. The van der Waals surface area contributed by atoms with Gasteiger partial charge in [0.1, 0.15) is 0 Å². The van der Waals surface area contributed by atoms with Crippen LogP contribution in [0.25, 0.3) is 0 Å². The molecule has 2 aliphatic rings. The van der Waals surface area contributed by atoms with E-state index in [9.17, 15) is 0 Å². The van der Waals surface area contributed by atoms with Gasteiger partial charge in [-0.05, 0) is 43.6 Å². The summed E-state index contributed by atoms with van der Waals surface area (Å²) in [7, 11) is 0. The van der Waals surface area contributed by atoms with Crippen molar-refractivity contribution in [3.63, 3.8) is 0 Å². The molecular formula is C14H27N. The fraction of sp³-hybridized carbons (Fsp3) is 1.00. The van der Waals surface area contributed by atoms with Crippen LogP contribution in [0, 0.1) is 17.8 Å². The minimum atomic E-state index is 0.865. The Morgan fingerprint density at radius 1 is 1.07 bits per heavy atom. The highest BCUT2D eigenvalue weighted by atomic mass is 15.2. The summed E-state index contributed by atoms with van der Waals surface area (Å²) in [4.78, 5) is 2.80. The lowest BCUT2D eigenvalue weighted by Gasteiger charge is -2.42. The van der Waals surface area contributed by atoms with Crippen molar-refractivity contribution in [1.82, 2.24) is 4.90 Å². The van der Waals surface area contributed by atoms with E-state index in [0.29, 0.717) is 0 Å². The van der Waals surface area contributed by atoms with Crippen molar-refractivity contribution in [2.24, 2.45) is 17.8 Å². The van der Waals surface area contributed by atoms with Gasteiger partial charge in [-0.1, -0.05) is 33.6 Å². The lowest BCUT2D eigenvalue weighted by atomic mass is 9.79. The maximum atomic E-state index is 2.80. The van der Waals surface area contributed by atoms with Crippen LogP contribution in [0.2, 0.25) is 0 Å². The van der Waals surface area contributed by atoms with E-state index in [1.165, 1.54) is 45.2 Å². The molecule has 1 aliphatic heterocycles. The van der Waals surface area contributed by atoms with E-state index in [0.717, 1.165) is 23.8 Å². The molecule has 2 fully saturated rings. The first-order chi connectivity index (χ1) is 7.18. The van der Waals surface area contributed by atoms with Crippen LogP contribution in [0.4, 0.5) is 0 Å². The normalized spacial score (nSPS) is 35.2. The Hall–Kier alpha value is -0.0400. The molecule has 2 rings (SSSR count). The maximum Gasteiger partial charge on any atom is 0.00953 e. The lowest BCUT2D eigenvalue weighted by molar-refractivity contribution is 0.0665. The number of hydrogen-bond acceptors (Lipinski definition) is 1. The van der Waals surface area contributed by atoms with Crippen molar-refractivity contribution < 1.29 is 0 Å². The molecule has 2 atom stereocenters. The minimum Gasteiger partial charge on any atom is -0.300 e. The van der Waals surface area contributed by atoms with Crippen LogP contribution in [0.3, 0.4) is 0 Å². The lowest BCUT2D eigenvalue weighted by Crippen LogP contribution is -2.45. The molecule has 1 saturated heterocycles. The summed E-state index contributed by atoms with van der Waals surface area (Å²) in [6.45, 7) is 10.0. The Labute approximate surface area is 95.2 Å². The summed E-state index contributed by atoms with van der Waals surface area (Å²) >= 11 is 0. The molecule has 1 heterocycles. The van der Waals surface area contributed by atoms with Gasteiger partial charge in [0.15, 0.2) is 0 Å². The quantitative estimate of drug-likeness (QED) is 0.672. The number of piperidine rings is 1. The predicted octanol–water partition coefficient (Wildman–Crippen LogP) is 3.54. The highest BCUT2D eigenvalue weighted by Gasteiger charge is 2.32. The summed E-state index contributed by atoms with van der Waals surface area (Å²) in [5.41, 5.74) is 0. The van der Waals surface area contributed by atoms with Gasteiger partial charge in [0, 0.05) is 12.6 Å². The molecule has 0 radical (unpaired) electrons. The van der Waals surface area contributed by atoms with Gasteiger partial charge in [-0.25, -0.2) is 0 Å². The van der Waals surface area contributed by atoms with Gasteiger partial charge in [0.2, 0.25) is 0 Å². The van der Waals surface area contributed by atoms with Crippen LogP contribution < -0.4 is 0 Å². The van der Waals surface area contributed by atoms with Crippen molar-refractivity contribution in [1.29, 1.82) is 0 Å². The molecular weight excluding hydrogens is 182 g/mol. The van der Waals surface area contributed by atoms with E-state index in [-0.39, 0.29) is 0 Å². The molecule has 0 amide bonds. The van der Waals surface area contributed by atoms with Crippen molar-refractivity contribution in [3.8, 4) is 0 Å². The van der Waals surface area contributed by atoms with Crippen molar-refractivity contribution in [2.75, 3.05) is 13.1 Å². The van der Waals surface area contributed by atoms with Crippen LogP contribution in [-0.2, 0) is 0 Å². The van der Waals surface area contributed by atoms with Gasteiger partial charge in [-0.2, -0.15) is 0 Å². The summed E-state index contributed by atoms with van der Waals surface area (Å²) in [6, 6.07) is 0.943. The van der Waals surface area contributed by atoms with E-state index >= 15 is 0 Å². The van der Waals surface area contributed by atoms with Crippen LogP contribution in [-0.4, -0.2) is 24.0 Å². The summed E-state index contributed by atoms with van der Waals surface area (Å²) in [6.07, 6.45) is 7.32. The summed E-state index contributed by atoms with van der Waals surface area (Å²) in [5.74, 6) is 2.76. The summed E-state index contributed by atoms with van der Waals surface area (Å²) < 4.78 is 0. The fourth-order valence-corrected chi connectivity index (χ4v) is 3.59. The van der Waals surface area contributed by atoms with Crippen LogP contribution >= 0.6 is 0 Å². The molecule has 0 aromatic carbocycles. The molecule has 0 aromatic rings. The third-order valence-electron chi connectivity index (χ3n) is 4.75. The van der Waals surface area contributed by atoms with E-state index in [4.69, 9.17) is 0 Å². The zero-order valence-electron chi connectivity index (χ0n) is 10.7. The van der Waals surface area contributed by atoms with Crippen molar-refractivity contribution in [2.45, 2.75) is 58.9 Å². The SMILES string of the molecule is CC(C)[C@@H]1CN(C2CCCC2)CC[C@@H]1C. The molecule has 1 heteroatoms. The van der Waals surface area contributed by atoms with Gasteiger partial charge in [-0.15, -0.1) is 0 Å². The third kappa shape index (κ3) is 2.55. The van der Waals surface area contributed by atoms with E-state index in [2.05, 4.69) is 25.7 Å². The molecule has 0 bridgehead atoms. The zero-order chi connectivity index (χ0) is 10.8. The number of rotatable bonds is 2. The molecule has 1 nitrogen and oxygen atoms in total. The largest absolute Gasteiger partial charge is 0.300 e. The van der Waals surface area contributed by atoms with Crippen LogP contribution in [0.5, 0.6) is 0 Å². The second-order valence-electron chi connectivity index (χ2n) is 6.11. The Bertz CT molecular complexity index is 194. The Morgan fingerprint density at radius 3 is 2.33 bits per heavy atom. The third-order valence-corrected chi connectivity index (χ3v) is 4.75. The molecule has 1 saturated carbocycles. The topological polar surface area (TPSA) is 3.24 Å². The average Bonchev–Trinajstić information content (AvgIpc) is 2.71. The van der Waals surface area contributed by atoms with Crippen LogP contribution in [0.15, 0.2) is 0 Å². The second-order valence-corrected chi connectivity index (χ2v) is 6.11. The van der Waals surface area contributed by atoms with Gasteiger partial charge in [0.05, 0.1) is 0 Å². The number of hydrogen-bond donors (Lipinski definition) is 0.